The minimum Gasteiger partial charge on any atom is -0.478 e. The first-order valence-electron chi connectivity index (χ1n) is 9.80. The normalized spacial score (nSPS) is 16.3. The minimum atomic E-state index is -0.958. The summed E-state index contributed by atoms with van der Waals surface area (Å²) in [4.78, 5) is 20.8. The van der Waals surface area contributed by atoms with Crippen LogP contribution in [0.2, 0.25) is 0 Å². The van der Waals surface area contributed by atoms with Crippen molar-refractivity contribution in [1.29, 1.82) is 0 Å². The van der Waals surface area contributed by atoms with Gasteiger partial charge < -0.3 is 19.6 Å². The van der Waals surface area contributed by atoms with Crippen LogP contribution in [0.3, 0.4) is 0 Å². The van der Waals surface area contributed by atoms with E-state index in [9.17, 15) is 9.90 Å². The number of carbonyl (C=O) groups is 1. The number of anilines is 1. The molecule has 0 saturated carbocycles. The van der Waals surface area contributed by atoms with E-state index in [0.29, 0.717) is 5.52 Å². The van der Waals surface area contributed by atoms with Gasteiger partial charge in [0.2, 0.25) is 0 Å². The average Bonchev–Trinajstić information content (AvgIpc) is 3.12. The summed E-state index contributed by atoms with van der Waals surface area (Å²) in [6.45, 7) is 6.02. The smallest absolute Gasteiger partial charge is 0.335 e. The summed E-state index contributed by atoms with van der Waals surface area (Å²) in [6, 6.07) is 13.5. The van der Waals surface area contributed by atoms with Gasteiger partial charge in [0.1, 0.15) is 11.9 Å². The Kier molecular flexibility index (Phi) is 5.25. The van der Waals surface area contributed by atoms with E-state index in [-0.39, 0.29) is 11.7 Å². The maximum atomic E-state index is 11.4. The number of hydrogen-bond donors (Lipinski definition) is 1. The van der Waals surface area contributed by atoms with Crippen LogP contribution in [-0.2, 0) is 4.74 Å². The molecule has 3 aromatic rings. The topological polar surface area (TPSA) is 70.8 Å². The van der Waals surface area contributed by atoms with Gasteiger partial charge in [-0.2, -0.15) is 0 Å². The Labute approximate surface area is 170 Å². The molecule has 1 N–H and O–H groups in total. The lowest BCUT2D eigenvalue weighted by molar-refractivity contribution is 0.0697. The average molecular weight is 394 g/mol. The van der Waals surface area contributed by atoms with Crippen LogP contribution in [0.25, 0.3) is 16.7 Å². The van der Waals surface area contributed by atoms with Gasteiger partial charge in [0.05, 0.1) is 16.6 Å². The summed E-state index contributed by atoms with van der Waals surface area (Å²) >= 11 is 0. The highest BCUT2D eigenvalue weighted by atomic mass is 16.5. The number of carboxylic acids is 1. The molecule has 0 amide bonds. The summed E-state index contributed by atoms with van der Waals surface area (Å²) < 4.78 is 7.61. The fourth-order valence-electron chi connectivity index (χ4n) is 3.77. The van der Waals surface area contributed by atoms with Crippen molar-refractivity contribution >= 4 is 22.7 Å². The molecule has 152 valence electrons. The van der Waals surface area contributed by atoms with Gasteiger partial charge >= 0.3 is 5.97 Å². The Bertz CT molecular complexity index is 1040. The van der Waals surface area contributed by atoms with Crippen molar-refractivity contribution in [2.75, 3.05) is 45.2 Å². The van der Waals surface area contributed by atoms with Crippen LogP contribution in [-0.4, -0.2) is 65.9 Å². The molecule has 4 rings (SSSR count). The number of ether oxygens (including phenoxy) is 1. The first-order valence-corrected chi connectivity index (χ1v) is 9.80. The fraction of sp³-hybridized carbons (Fsp3) is 0.364. The maximum Gasteiger partial charge on any atom is 0.335 e. The second-order valence-corrected chi connectivity index (χ2v) is 7.50. The molecule has 1 unspecified atom stereocenters. The van der Waals surface area contributed by atoms with Gasteiger partial charge in [0.15, 0.2) is 0 Å². The van der Waals surface area contributed by atoms with E-state index in [1.807, 2.05) is 13.0 Å². The Balaban J connectivity index is 1.82. The molecule has 1 aliphatic heterocycles. The molecular formula is C22H26N4O3. The lowest BCUT2D eigenvalue weighted by atomic mass is 10.2. The third kappa shape index (κ3) is 3.71. The Morgan fingerprint density at radius 3 is 2.52 bits per heavy atom. The molecule has 0 spiro atoms. The number of aromatic carboxylic acids is 1. The van der Waals surface area contributed by atoms with Gasteiger partial charge in [-0.3, -0.25) is 4.57 Å². The van der Waals surface area contributed by atoms with E-state index in [1.54, 1.807) is 19.2 Å². The van der Waals surface area contributed by atoms with Crippen molar-refractivity contribution in [2.45, 2.75) is 13.0 Å². The second kappa shape index (κ2) is 7.85. The van der Waals surface area contributed by atoms with Crippen LogP contribution in [0, 0.1) is 0 Å². The largest absolute Gasteiger partial charge is 0.478 e. The second-order valence-electron chi connectivity index (χ2n) is 7.50. The molecule has 2 aromatic carbocycles. The van der Waals surface area contributed by atoms with Gasteiger partial charge in [0.25, 0.3) is 0 Å². The molecule has 0 aliphatic carbocycles. The zero-order valence-electron chi connectivity index (χ0n) is 17.0. The molecule has 1 fully saturated rings. The standard InChI is InChI=1S/C22H26N4O3/c1-15(29-3)21-23-19-13-16(22(27)28)7-8-20(19)26(21)18-6-4-5-17(14-18)25-11-9-24(2)10-12-25/h4-8,13-15H,9-12H2,1-3H3,(H,27,28). The number of methoxy groups -OCH3 is 1. The molecule has 1 atom stereocenters. The predicted molar refractivity (Wildman–Crippen MR) is 113 cm³/mol. The van der Waals surface area contributed by atoms with E-state index in [4.69, 9.17) is 9.72 Å². The molecule has 2 heterocycles. The summed E-state index contributed by atoms with van der Waals surface area (Å²) in [5.41, 5.74) is 3.91. The predicted octanol–water partition coefficient (Wildman–Crippen LogP) is 3.18. The van der Waals surface area contributed by atoms with E-state index >= 15 is 0 Å². The third-order valence-corrected chi connectivity index (χ3v) is 5.60. The number of piperazine rings is 1. The van der Waals surface area contributed by atoms with Crippen molar-refractivity contribution in [3.63, 3.8) is 0 Å². The van der Waals surface area contributed by atoms with Crippen LogP contribution >= 0.6 is 0 Å². The SMILES string of the molecule is COC(C)c1nc2cc(C(=O)O)ccc2n1-c1cccc(N2CCN(C)CC2)c1. The highest BCUT2D eigenvalue weighted by Crippen LogP contribution is 2.29. The summed E-state index contributed by atoms with van der Waals surface area (Å²) in [5, 5.41) is 9.32. The number of benzene rings is 2. The Hall–Kier alpha value is -2.90. The van der Waals surface area contributed by atoms with Crippen molar-refractivity contribution < 1.29 is 14.6 Å². The van der Waals surface area contributed by atoms with Crippen LogP contribution < -0.4 is 4.90 Å². The van der Waals surface area contributed by atoms with E-state index in [2.05, 4.69) is 45.7 Å². The van der Waals surface area contributed by atoms with Crippen LogP contribution in [0.1, 0.15) is 29.2 Å². The fourth-order valence-corrected chi connectivity index (χ4v) is 3.77. The third-order valence-electron chi connectivity index (χ3n) is 5.60. The van der Waals surface area contributed by atoms with Crippen LogP contribution in [0.4, 0.5) is 5.69 Å². The molecular weight excluding hydrogens is 368 g/mol. The van der Waals surface area contributed by atoms with E-state index < -0.39 is 5.97 Å². The van der Waals surface area contributed by atoms with Gasteiger partial charge in [-0.05, 0) is 50.4 Å². The van der Waals surface area contributed by atoms with Gasteiger partial charge in [0, 0.05) is 44.7 Å². The zero-order chi connectivity index (χ0) is 20.5. The van der Waals surface area contributed by atoms with E-state index in [1.165, 1.54) is 5.69 Å². The lowest BCUT2D eigenvalue weighted by Gasteiger charge is -2.34. The Morgan fingerprint density at radius 2 is 1.83 bits per heavy atom. The summed E-state index contributed by atoms with van der Waals surface area (Å²) in [6.07, 6.45) is -0.233. The molecule has 1 saturated heterocycles. The highest BCUT2D eigenvalue weighted by Gasteiger charge is 2.20. The van der Waals surface area contributed by atoms with Crippen molar-refractivity contribution in [3.05, 3.63) is 53.9 Å². The number of aromatic nitrogens is 2. The number of fused-ring (bicyclic) bond motifs is 1. The number of hydrogen-bond acceptors (Lipinski definition) is 5. The van der Waals surface area contributed by atoms with Gasteiger partial charge in [-0.1, -0.05) is 6.07 Å². The molecule has 7 heteroatoms. The Morgan fingerprint density at radius 1 is 1.10 bits per heavy atom. The monoisotopic (exact) mass is 394 g/mol. The molecule has 1 aliphatic rings. The quantitative estimate of drug-likeness (QED) is 0.717. The van der Waals surface area contributed by atoms with Gasteiger partial charge in [-0.15, -0.1) is 0 Å². The van der Waals surface area contributed by atoms with Crippen molar-refractivity contribution in [3.8, 4) is 5.69 Å². The first-order chi connectivity index (χ1) is 14.0. The molecule has 29 heavy (non-hydrogen) atoms. The van der Waals surface area contributed by atoms with Crippen LogP contribution in [0.5, 0.6) is 0 Å². The molecule has 0 radical (unpaired) electrons. The maximum absolute atomic E-state index is 11.4. The number of nitrogens with zero attached hydrogens (tertiary/aromatic N) is 4. The molecule has 1 aromatic heterocycles. The number of carboxylic acid groups (broad SMARTS) is 1. The van der Waals surface area contributed by atoms with Crippen LogP contribution in [0.15, 0.2) is 42.5 Å². The van der Waals surface area contributed by atoms with Gasteiger partial charge in [-0.25, -0.2) is 9.78 Å². The zero-order valence-corrected chi connectivity index (χ0v) is 17.0. The number of likely N-dealkylation sites (N-methyl/N-ethyl adjacent to an activating group) is 1. The number of rotatable bonds is 5. The minimum absolute atomic E-state index is 0.227. The number of imidazole rings is 1. The molecule has 0 bridgehead atoms. The van der Waals surface area contributed by atoms with E-state index in [0.717, 1.165) is 43.2 Å². The highest BCUT2D eigenvalue weighted by molar-refractivity contribution is 5.93. The lowest BCUT2D eigenvalue weighted by Crippen LogP contribution is -2.44. The first kappa shape index (κ1) is 19.4. The summed E-state index contributed by atoms with van der Waals surface area (Å²) in [7, 11) is 3.80. The van der Waals surface area contributed by atoms with Crippen molar-refractivity contribution in [1.82, 2.24) is 14.5 Å². The van der Waals surface area contributed by atoms with Crippen molar-refractivity contribution in [2.24, 2.45) is 0 Å². The molecule has 7 nitrogen and oxygen atoms in total. The summed E-state index contributed by atoms with van der Waals surface area (Å²) in [5.74, 6) is -0.208.